The van der Waals surface area contributed by atoms with Gasteiger partial charge in [0.1, 0.15) is 6.79 Å². The maximum atomic E-state index is 13.6. The van der Waals surface area contributed by atoms with Crippen molar-refractivity contribution in [2.24, 2.45) is 5.73 Å². The zero-order valence-corrected chi connectivity index (χ0v) is 23.7. The summed E-state index contributed by atoms with van der Waals surface area (Å²) in [5.41, 5.74) is 9.65. The molecule has 1 aliphatic rings. The number of primary amides is 1. The number of benzene rings is 3. The van der Waals surface area contributed by atoms with Crippen molar-refractivity contribution in [1.29, 1.82) is 0 Å². The highest BCUT2D eigenvalue weighted by Crippen LogP contribution is 2.30. The van der Waals surface area contributed by atoms with Crippen LogP contribution in [0.1, 0.15) is 15.9 Å². The van der Waals surface area contributed by atoms with Gasteiger partial charge in [0.25, 0.3) is 5.56 Å². The van der Waals surface area contributed by atoms with Gasteiger partial charge in [-0.25, -0.2) is 0 Å². The van der Waals surface area contributed by atoms with Crippen molar-refractivity contribution in [3.63, 3.8) is 0 Å². The van der Waals surface area contributed by atoms with Crippen LogP contribution in [0.2, 0.25) is 0 Å². The summed E-state index contributed by atoms with van der Waals surface area (Å²) in [7, 11) is 3.25. The number of anilines is 1. The van der Waals surface area contributed by atoms with Gasteiger partial charge < -0.3 is 24.9 Å². The third-order valence-corrected chi connectivity index (χ3v) is 6.52. The van der Waals surface area contributed by atoms with Crippen molar-refractivity contribution in [1.82, 2.24) is 9.78 Å². The van der Waals surface area contributed by atoms with Gasteiger partial charge in [0.05, 0.1) is 30.0 Å². The van der Waals surface area contributed by atoms with E-state index in [4.69, 9.17) is 20.4 Å². The second-order valence-corrected chi connectivity index (χ2v) is 9.60. The summed E-state index contributed by atoms with van der Waals surface area (Å²) >= 11 is 3.47. The van der Waals surface area contributed by atoms with E-state index < -0.39 is 5.91 Å². The normalized spacial score (nSPS) is 12.7. The number of ether oxygens (including phenoxy) is 2. The van der Waals surface area contributed by atoms with E-state index >= 15 is 0 Å². The Morgan fingerprint density at radius 3 is 2.31 bits per heavy atom. The largest absolute Gasteiger partial charge is 0.388 e. The summed E-state index contributed by atoms with van der Waals surface area (Å²) in [5, 5.41) is 6.07. The Hall–Kier alpha value is -3.86. The topological polar surface area (TPSA) is 117 Å². The van der Waals surface area contributed by atoms with Crippen LogP contribution in [0.3, 0.4) is 0 Å². The molecule has 1 saturated heterocycles. The van der Waals surface area contributed by atoms with Gasteiger partial charge in [0.2, 0.25) is 5.91 Å². The predicted octanol–water partition coefficient (Wildman–Crippen LogP) is 4.14. The highest BCUT2D eigenvalue weighted by atomic mass is 79.9. The molecule has 0 atom stereocenters. The highest BCUT2D eigenvalue weighted by molar-refractivity contribution is 9.10. The molecule has 2 heterocycles. The number of rotatable bonds is 4. The van der Waals surface area contributed by atoms with Gasteiger partial charge in [0.15, 0.2) is 0 Å². The Morgan fingerprint density at radius 1 is 1.03 bits per heavy atom. The molecule has 0 spiro atoms. The van der Waals surface area contributed by atoms with Gasteiger partial charge in [-0.2, -0.15) is 9.78 Å². The van der Waals surface area contributed by atoms with E-state index in [2.05, 4.69) is 31.6 Å². The molecule has 1 fully saturated rings. The lowest BCUT2D eigenvalue weighted by Crippen LogP contribution is -2.36. The molecule has 0 saturated carbocycles. The number of hydrogen-bond acceptors (Lipinski definition) is 7. The molecule has 0 aliphatic carbocycles. The van der Waals surface area contributed by atoms with Gasteiger partial charge in [-0.05, 0) is 48.9 Å². The molecular weight excluding hydrogens is 564 g/mol. The Kier molecular flexibility index (Phi) is 10.5. The van der Waals surface area contributed by atoms with E-state index in [0.717, 1.165) is 24.3 Å². The van der Waals surface area contributed by atoms with Crippen LogP contribution in [0.4, 0.5) is 5.69 Å². The second-order valence-electron chi connectivity index (χ2n) is 8.68. The fourth-order valence-electron chi connectivity index (χ4n) is 4.28. The number of nitrogens with two attached hydrogens (primary N) is 1. The van der Waals surface area contributed by atoms with Crippen molar-refractivity contribution in [3.8, 4) is 16.9 Å². The standard InChI is InChI=1S/C26H23BrN4O3.C2H6O.CH2O/c1-16-6-7-20(30-8-10-34-11-9-30)15-23(16)31-26(33)22-5-3-2-4-21(22)24(29-31)17-12-18(25(28)32)14-19(27)13-17;1-3-2;1-2/h2-7,12-15H,8-11H2,1H3,(H2,28,32);1-2H3;1H2. The van der Waals surface area contributed by atoms with Crippen molar-refractivity contribution >= 4 is 45.1 Å². The first-order valence-corrected chi connectivity index (χ1v) is 12.9. The fraction of sp³-hybridized carbons (Fsp3) is 0.241. The quantitative estimate of drug-likeness (QED) is 0.377. The van der Waals surface area contributed by atoms with Gasteiger partial charge in [-0.1, -0.05) is 40.2 Å². The molecule has 3 aromatic carbocycles. The van der Waals surface area contributed by atoms with E-state index in [1.165, 1.54) is 4.68 Å². The lowest BCUT2D eigenvalue weighted by Gasteiger charge is -2.29. The summed E-state index contributed by atoms with van der Waals surface area (Å²) in [4.78, 5) is 35.7. The summed E-state index contributed by atoms with van der Waals surface area (Å²) in [6, 6.07) is 18.7. The summed E-state index contributed by atoms with van der Waals surface area (Å²) < 4.78 is 11.9. The zero-order valence-electron chi connectivity index (χ0n) is 22.1. The molecule has 10 heteroatoms. The minimum atomic E-state index is -0.533. The van der Waals surface area contributed by atoms with Gasteiger partial charge >= 0.3 is 0 Å². The molecular formula is C29H31BrN4O5. The van der Waals surface area contributed by atoms with Crippen LogP contribution in [-0.2, 0) is 14.3 Å². The predicted molar refractivity (Wildman–Crippen MR) is 157 cm³/mol. The number of carbonyl (C=O) groups excluding carboxylic acids is 2. The second kappa shape index (κ2) is 13.8. The average Bonchev–Trinajstić information content (AvgIpc) is 2.95. The number of hydrogen-bond donors (Lipinski definition) is 1. The molecule has 1 amide bonds. The monoisotopic (exact) mass is 594 g/mol. The fourth-order valence-corrected chi connectivity index (χ4v) is 4.77. The number of aromatic nitrogens is 2. The lowest BCUT2D eigenvalue weighted by atomic mass is 10.0. The minimum absolute atomic E-state index is 0.202. The van der Waals surface area contributed by atoms with Gasteiger partial charge in [-0.3, -0.25) is 9.59 Å². The van der Waals surface area contributed by atoms with E-state index in [1.54, 1.807) is 32.4 Å². The maximum absolute atomic E-state index is 13.6. The van der Waals surface area contributed by atoms with Crippen molar-refractivity contribution in [3.05, 3.63) is 86.6 Å². The van der Waals surface area contributed by atoms with Crippen LogP contribution in [0, 0.1) is 6.92 Å². The van der Waals surface area contributed by atoms with Crippen LogP contribution in [0.25, 0.3) is 27.7 Å². The Bertz CT molecular complexity index is 1520. The van der Waals surface area contributed by atoms with E-state index in [0.29, 0.717) is 51.0 Å². The maximum Gasteiger partial charge on any atom is 0.279 e. The van der Waals surface area contributed by atoms with E-state index in [9.17, 15) is 9.59 Å². The molecule has 1 aliphatic heterocycles. The van der Waals surface area contributed by atoms with E-state index in [1.807, 2.05) is 50.1 Å². The molecule has 0 radical (unpaired) electrons. The average molecular weight is 595 g/mol. The smallest absolute Gasteiger partial charge is 0.279 e. The summed E-state index contributed by atoms with van der Waals surface area (Å²) in [6.07, 6.45) is 0. The van der Waals surface area contributed by atoms with Crippen LogP contribution >= 0.6 is 15.9 Å². The number of fused-ring (bicyclic) bond motifs is 1. The SMILES string of the molecule is C=O.COC.Cc1ccc(N2CCOCC2)cc1-n1nc(-c2cc(Br)cc(C(N)=O)c2)c2ccccc2c1=O. The molecule has 9 nitrogen and oxygen atoms in total. The molecule has 5 rings (SSSR count). The van der Waals surface area contributed by atoms with Crippen LogP contribution in [-0.4, -0.2) is 63.0 Å². The molecule has 39 heavy (non-hydrogen) atoms. The summed E-state index contributed by atoms with van der Waals surface area (Å²) in [6.45, 7) is 6.90. The molecule has 1 aromatic heterocycles. The van der Waals surface area contributed by atoms with Crippen molar-refractivity contribution in [2.75, 3.05) is 45.4 Å². The first kappa shape index (κ1) is 29.7. The van der Waals surface area contributed by atoms with Gasteiger partial charge in [-0.15, -0.1) is 0 Å². The first-order valence-electron chi connectivity index (χ1n) is 12.1. The number of carbonyl (C=O) groups is 2. The third-order valence-electron chi connectivity index (χ3n) is 6.06. The van der Waals surface area contributed by atoms with E-state index in [-0.39, 0.29) is 5.56 Å². The molecule has 4 aromatic rings. The number of nitrogens with zero attached hydrogens (tertiary/aromatic N) is 3. The Balaban J connectivity index is 0.000000787. The minimum Gasteiger partial charge on any atom is -0.388 e. The van der Waals surface area contributed by atoms with Gasteiger partial charge in [0, 0.05) is 54.0 Å². The summed E-state index contributed by atoms with van der Waals surface area (Å²) in [5.74, 6) is -0.533. The Morgan fingerprint density at radius 2 is 1.67 bits per heavy atom. The van der Waals surface area contributed by atoms with Crippen molar-refractivity contribution in [2.45, 2.75) is 6.92 Å². The number of methoxy groups -OCH3 is 1. The highest BCUT2D eigenvalue weighted by Gasteiger charge is 2.18. The Labute approximate surface area is 235 Å². The molecule has 0 unspecified atom stereocenters. The van der Waals surface area contributed by atoms with Crippen molar-refractivity contribution < 1.29 is 19.1 Å². The molecule has 2 N–H and O–H groups in total. The zero-order chi connectivity index (χ0) is 28.5. The van der Waals surface area contributed by atoms with Crippen LogP contribution < -0.4 is 16.2 Å². The number of amides is 1. The van der Waals surface area contributed by atoms with Crippen LogP contribution in [0.5, 0.6) is 0 Å². The van der Waals surface area contributed by atoms with Crippen LogP contribution in [0.15, 0.2) is 69.9 Å². The number of halogens is 1. The first-order chi connectivity index (χ1) is 18.8. The third kappa shape index (κ3) is 6.78. The number of morpholine rings is 1. The lowest BCUT2D eigenvalue weighted by molar-refractivity contribution is -0.0980. The number of aryl methyl sites for hydroxylation is 1. The molecule has 204 valence electrons. The molecule has 0 bridgehead atoms.